The van der Waals surface area contributed by atoms with Crippen LogP contribution in [0, 0.1) is 5.92 Å². The van der Waals surface area contributed by atoms with Gasteiger partial charge in [0, 0.05) is 12.8 Å². The first kappa shape index (κ1) is 10.4. The van der Waals surface area contributed by atoms with Crippen LogP contribution in [0.15, 0.2) is 0 Å². The Morgan fingerprint density at radius 1 is 1.45 bits per heavy atom. The first-order chi connectivity index (χ1) is 5.06. The highest BCUT2D eigenvalue weighted by Gasteiger charge is 2.11. The molecule has 0 saturated heterocycles. The molecule has 1 unspecified atom stereocenters. The number of methoxy groups -OCH3 is 1. The summed E-state index contributed by atoms with van der Waals surface area (Å²) in [5, 5.41) is -0.415. The summed E-state index contributed by atoms with van der Waals surface area (Å²) in [6, 6.07) is 0. The van der Waals surface area contributed by atoms with E-state index in [0.717, 1.165) is 0 Å². The van der Waals surface area contributed by atoms with Crippen LogP contribution in [0.2, 0.25) is 0 Å². The zero-order valence-electron chi connectivity index (χ0n) is 6.59. The van der Waals surface area contributed by atoms with Crippen molar-refractivity contribution in [1.82, 2.24) is 0 Å². The van der Waals surface area contributed by atoms with Gasteiger partial charge in [-0.25, -0.2) is 0 Å². The molecule has 0 fully saturated rings. The van der Waals surface area contributed by atoms with Gasteiger partial charge in [-0.1, -0.05) is 6.92 Å². The van der Waals surface area contributed by atoms with Crippen LogP contribution in [0.5, 0.6) is 0 Å². The molecule has 0 aromatic carbocycles. The molecule has 1 atom stereocenters. The Balaban J connectivity index is 3.60. The Labute approximate surface area is 70.7 Å². The summed E-state index contributed by atoms with van der Waals surface area (Å²) in [6.07, 6.45) is 0.464. The van der Waals surface area contributed by atoms with E-state index in [9.17, 15) is 9.59 Å². The van der Waals surface area contributed by atoms with Gasteiger partial charge >= 0.3 is 5.97 Å². The highest BCUT2D eigenvalue weighted by Crippen LogP contribution is 2.09. The molecule has 64 valence electrons. The normalized spacial score (nSPS) is 12.3. The third-order valence-electron chi connectivity index (χ3n) is 1.25. The van der Waals surface area contributed by atoms with E-state index in [4.69, 9.17) is 11.6 Å². The molecule has 0 amide bonds. The van der Waals surface area contributed by atoms with E-state index in [-0.39, 0.29) is 24.7 Å². The number of halogens is 1. The van der Waals surface area contributed by atoms with Crippen LogP contribution in [0.25, 0.3) is 0 Å². The van der Waals surface area contributed by atoms with Crippen LogP contribution < -0.4 is 0 Å². The first-order valence-corrected chi connectivity index (χ1v) is 3.69. The zero-order valence-corrected chi connectivity index (χ0v) is 7.35. The monoisotopic (exact) mass is 178 g/mol. The van der Waals surface area contributed by atoms with E-state index >= 15 is 0 Å². The summed E-state index contributed by atoms with van der Waals surface area (Å²) < 4.78 is 4.41. The number of carbonyl (C=O) groups is 2. The maximum Gasteiger partial charge on any atom is 0.305 e. The number of rotatable bonds is 4. The molecular formula is C7H11ClO3. The summed E-state index contributed by atoms with van der Waals surface area (Å²) in [4.78, 5) is 21.0. The Hall–Kier alpha value is -0.570. The van der Waals surface area contributed by atoms with E-state index < -0.39 is 5.24 Å². The summed E-state index contributed by atoms with van der Waals surface area (Å²) >= 11 is 5.11. The molecule has 0 aliphatic heterocycles. The molecule has 0 aliphatic rings. The number of hydrogen-bond donors (Lipinski definition) is 0. The lowest BCUT2D eigenvalue weighted by molar-refractivity contribution is -0.141. The predicted molar refractivity (Wildman–Crippen MR) is 41.3 cm³/mol. The van der Waals surface area contributed by atoms with E-state index in [2.05, 4.69) is 4.74 Å². The molecule has 11 heavy (non-hydrogen) atoms. The highest BCUT2D eigenvalue weighted by molar-refractivity contribution is 6.63. The lowest BCUT2D eigenvalue weighted by Crippen LogP contribution is -2.08. The SMILES string of the molecule is COC(=O)CC(C)CC(=O)Cl. The molecule has 0 aromatic heterocycles. The van der Waals surface area contributed by atoms with Gasteiger partial charge in [-0.05, 0) is 17.5 Å². The van der Waals surface area contributed by atoms with Crippen molar-refractivity contribution in [2.45, 2.75) is 19.8 Å². The van der Waals surface area contributed by atoms with Crippen molar-refractivity contribution >= 4 is 22.8 Å². The van der Waals surface area contributed by atoms with E-state index in [1.165, 1.54) is 7.11 Å². The maximum absolute atomic E-state index is 10.6. The zero-order chi connectivity index (χ0) is 8.85. The predicted octanol–water partition coefficient (Wildman–Crippen LogP) is 1.34. The highest BCUT2D eigenvalue weighted by atomic mass is 35.5. The number of hydrogen-bond acceptors (Lipinski definition) is 3. The van der Waals surface area contributed by atoms with Crippen LogP contribution in [-0.2, 0) is 14.3 Å². The lowest BCUT2D eigenvalue weighted by Gasteiger charge is -2.05. The fourth-order valence-corrected chi connectivity index (χ4v) is 0.977. The second-order valence-corrected chi connectivity index (χ2v) is 2.87. The third kappa shape index (κ3) is 5.85. The van der Waals surface area contributed by atoms with Gasteiger partial charge in [-0.3, -0.25) is 9.59 Å². The van der Waals surface area contributed by atoms with Gasteiger partial charge < -0.3 is 4.74 Å². The van der Waals surface area contributed by atoms with E-state index in [1.54, 1.807) is 6.92 Å². The molecule has 4 heteroatoms. The van der Waals surface area contributed by atoms with Crippen molar-refractivity contribution in [3.8, 4) is 0 Å². The fourth-order valence-electron chi connectivity index (χ4n) is 0.714. The Bertz CT molecular complexity index is 156. The van der Waals surface area contributed by atoms with Crippen molar-refractivity contribution in [2.75, 3.05) is 7.11 Å². The van der Waals surface area contributed by atoms with E-state index in [0.29, 0.717) is 0 Å². The summed E-state index contributed by atoms with van der Waals surface area (Å²) in [7, 11) is 1.32. The van der Waals surface area contributed by atoms with Gasteiger partial charge in [-0.2, -0.15) is 0 Å². The third-order valence-corrected chi connectivity index (χ3v) is 1.41. The Morgan fingerprint density at radius 2 is 2.00 bits per heavy atom. The molecule has 0 aliphatic carbocycles. The van der Waals surface area contributed by atoms with Gasteiger partial charge in [-0.15, -0.1) is 0 Å². The summed E-state index contributed by atoms with van der Waals surface area (Å²) in [5.41, 5.74) is 0. The molecule has 0 heterocycles. The molecule has 3 nitrogen and oxygen atoms in total. The number of carbonyl (C=O) groups excluding carboxylic acids is 2. The minimum atomic E-state index is -0.415. The van der Waals surface area contributed by atoms with Crippen LogP contribution >= 0.6 is 11.6 Å². The summed E-state index contributed by atoms with van der Waals surface area (Å²) in [6.45, 7) is 1.78. The molecule has 0 radical (unpaired) electrons. The van der Waals surface area contributed by atoms with Crippen molar-refractivity contribution in [3.05, 3.63) is 0 Å². The lowest BCUT2D eigenvalue weighted by atomic mass is 10.1. The average Bonchev–Trinajstić information content (AvgIpc) is 1.85. The number of ether oxygens (including phenoxy) is 1. The Morgan fingerprint density at radius 3 is 2.36 bits per heavy atom. The molecule has 0 bridgehead atoms. The molecule has 0 saturated carbocycles. The smallest absolute Gasteiger partial charge is 0.305 e. The minimum Gasteiger partial charge on any atom is -0.469 e. The molecular weight excluding hydrogens is 168 g/mol. The van der Waals surface area contributed by atoms with Gasteiger partial charge in [0.2, 0.25) is 5.24 Å². The largest absolute Gasteiger partial charge is 0.469 e. The summed E-state index contributed by atoms with van der Waals surface area (Å²) in [5.74, 6) is -0.345. The fraction of sp³-hybridized carbons (Fsp3) is 0.714. The number of esters is 1. The molecule has 0 rings (SSSR count). The second-order valence-electron chi connectivity index (χ2n) is 2.44. The topological polar surface area (TPSA) is 43.4 Å². The average molecular weight is 179 g/mol. The molecule has 0 N–H and O–H groups in total. The van der Waals surface area contributed by atoms with Crippen LogP contribution in [0.1, 0.15) is 19.8 Å². The standard InChI is InChI=1S/C7H11ClO3/c1-5(3-6(8)9)4-7(10)11-2/h5H,3-4H2,1-2H3. The first-order valence-electron chi connectivity index (χ1n) is 3.31. The second kappa shape index (κ2) is 5.13. The van der Waals surface area contributed by atoms with Gasteiger partial charge in [0.15, 0.2) is 0 Å². The van der Waals surface area contributed by atoms with Crippen LogP contribution in [-0.4, -0.2) is 18.3 Å². The van der Waals surface area contributed by atoms with Crippen LogP contribution in [0.4, 0.5) is 0 Å². The molecule has 0 spiro atoms. The van der Waals surface area contributed by atoms with Gasteiger partial charge in [0.1, 0.15) is 0 Å². The molecule has 0 aromatic rings. The van der Waals surface area contributed by atoms with Crippen molar-refractivity contribution in [3.63, 3.8) is 0 Å². The maximum atomic E-state index is 10.6. The van der Waals surface area contributed by atoms with Gasteiger partial charge in [0.05, 0.1) is 7.11 Å². The quantitative estimate of drug-likeness (QED) is 0.482. The van der Waals surface area contributed by atoms with Gasteiger partial charge in [0.25, 0.3) is 0 Å². The van der Waals surface area contributed by atoms with Crippen LogP contribution in [0.3, 0.4) is 0 Å². The van der Waals surface area contributed by atoms with E-state index in [1.807, 2.05) is 0 Å². The minimum absolute atomic E-state index is 0.0348. The Kier molecular flexibility index (Phi) is 4.86. The van der Waals surface area contributed by atoms with Crippen molar-refractivity contribution in [2.24, 2.45) is 5.92 Å². The van der Waals surface area contributed by atoms with Crippen molar-refractivity contribution < 1.29 is 14.3 Å². The van der Waals surface area contributed by atoms with Crippen molar-refractivity contribution in [1.29, 1.82) is 0 Å².